The fraction of sp³-hybridized carbons (Fsp3) is 0.615. The Labute approximate surface area is 123 Å². The van der Waals surface area contributed by atoms with Crippen LogP contribution in [0.1, 0.15) is 30.6 Å². The lowest BCUT2D eigenvalue weighted by Crippen LogP contribution is -2.30. The minimum absolute atomic E-state index is 0.185. The minimum atomic E-state index is -3.70. The van der Waals surface area contributed by atoms with Crippen LogP contribution in [0.2, 0.25) is 0 Å². The van der Waals surface area contributed by atoms with Crippen LogP contribution in [0, 0.1) is 12.8 Å². The van der Waals surface area contributed by atoms with Gasteiger partial charge in [0.2, 0.25) is 5.91 Å². The summed E-state index contributed by atoms with van der Waals surface area (Å²) >= 11 is 1.16. The standard InChI is InChI=1S/C13H19NO4S2/c1-10-4-7-13(19-10)20(16,17)14-12(15)6-5-11-3-2-8-18-9-11/h4,7,11H,2-3,5-6,8-9H2,1H3,(H,14,15). The van der Waals surface area contributed by atoms with Crippen LogP contribution in [0.5, 0.6) is 0 Å². The number of ether oxygens (including phenoxy) is 1. The lowest BCUT2D eigenvalue weighted by molar-refractivity contribution is -0.119. The lowest BCUT2D eigenvalue weighted by Gasteiger charge is -2.21. The second-order valence-corrected chi connectivity index (χ2v) is 8.21. The first kappa shape index (κ1) is 15.5. The van der Waals surface area contributed by atoms with Crippen LogP contribution >= 0.6 is 11.3 Å². The molecule has 1 aromatic rings. The van der Waals surface area contributed by atoms with E-state index in [1.54, 1.807) is 6.07 Å². The average Bonchev–Trinajstić information content (AvgIpc) is 2.85. The number of carbonyl (C=O) groups excluding carboxylic acids is 1. The zero-order valence-corrected chi connectivity index (χ0v) is 13.1. The van der Waals surface area contributed by atoms with Crippen molar-refractivity contribution in [2.75, 3.05) is 13.2 Å². The lowest BCUT2D eigenvalue weighted by atomic mass is 9.97. The van der Waals surface area contributed by atoms with Gasteiger partial charge in [-0.3, -0.25) is 4.79 Å². The molecule has 1 atom stereocenters. The summed E-state index contributed by atoms with van der Waals surface area (Å²) < 4.78 is 31.6. The van der Waals surface area contributed by atoms with Gasteiger partial charge in [-0.05, 0) is 44.2 Å². The molecule has 1 fully saturated rings. The van der Waals surface area contributed by atoms with E-state index in [1.807, 2.05) is 6.92 Å². The summed E-state index contributed by atoms with van der Waals surface area (Å²) in [7, 11) is -3.70. The summed E-state index contributed by atoms with van der Waals surface area (Å²) in [5.74, 6) is -0.0807. The van der Waals surface area contributed by atoms with Gasteiger partial charge in [0, 0.05) is 24.5 Å². The van der Waals surface area contributed by atoms with Gasteiger partial charge in [0.05, 0.1) is 0 Å². The molecular weight excluding hydrogens is 298 g/mol. The van der Waals surface area contributed by atoms with Crippen LogP contribution in [-0.4, -0.2) is 27.5 Å². The van der Waals surface area contributed by atoms with Gasteiger partial charge in [0.25, 0.3) is 10.0 Å². The van der Waals surface area contributed by atoms with Crippen molar-refractivity contribution < 1.29 is 17.9 Å². The Morgan fingerprint density at radius 2 is 2.30 bits per heavy atom. The Bertz CT molecular complexity index is 559. The molecule has 1 N–H and O–H groups in total. The first-order chi connectivity index (χ1) is 9.47. The fourth-order valence-corrected chi connectivity index (χ4v) is 4.48. The molecule has 20 heavy (non-hydrogen) atoms. The number of aryl methyl sites for hydroxylation is 1. The van der Waals surface area contributed by atoms with Crippen molar-refractivity contribution in [1.82, 2.24) is 4.72 Å². The minimum Gasteiger partial charge on any atom is -0.381 e. The molecule has 0 radical (unpaired) electrons. The second-order valence-electron chi connectivity index (χ2n) is 5.02. The number of rotatable bonds is 5. The highest BCUT2D eigenvalue weighted by Gasteiger charge is 2.21. The number of thiophene rings is 1. The van der Waals surface area contributed by atoms with E-state index in [0.29, 0.717) is 18.9 Å². The molecular formula is C13H19NO4S2. The van der Waals surface area contributed by atoms with E-state index in [9.17, 15) is 13.2 Å². The van der Waals surface area contributed by atoms with Crippen LogP contribution in [-0.2, 0) is 19.6 Å². The topological polar surface area (TPSA) is 72.5 Å². The van der Waals surface area contributed by atoms with Crippen molar-refractivity contribution >= 4 is 27.3 Å². The van der Waals surface area contributed by atoms with Crippen LogP contribution in [0.15, 0.2) is 16.3 Å². The van der Waals surface area contributed by atoms with Crippen LogP contribution in [0.25, 0.3) is 0 Å². The summed E-state index contributed by atoms with van der Waals surface area (Å²) in [6.07, 6.45) is 2.95. The molecule has 0 spiro atoms. The van der Waals surface area contributed by atoms with E-state index < -0.39 is 15.9 Å². The van der Waals surface area contributed by atoms with Gasteiger partial charge in [-0.25, -0.2) is 13.1 Å². The molecule has 1 aromatic heterocycles. The third kappa shape index (κ3) is 4.29. The molecule has 1 saturated heterocycles. The predicted molar refractivity (Wildman–Crippen MR) is 77.2 cm³/mol. The third-order valence-corrected chi connectivity index (χ3v) is 6.13. The molecule has 1 unspecified atom stereocenters. The van der Waals surface area contributed by atoms with E-state index >= 15 is 0 Å². The van der Waals surface area contributed by atoms with E-state index in [0.717, 1.165) is 35.7 Å². The van der Waals surface area contributed by atoms with E-state index in [4.69, 9.17) is 4.74 Å². The summed E-state index contributed by atoms with van der Waals surface area (Å²) in [6, 6.07) is 3.24. The summed E-state index contributed by atoms with van der Waals surface area (Å²) in [5, 5.41) is 0. The number of amides is 1. The van der Waals surface area contributed by atoms with Crippen LogP contribution in [0.3, 0.4) is 0 Å². The van der Waals surface area contributed by atoms with Crippen LogP contribution < -0.4 is 4.72 Å². The number of carbonyl (C=O) groups is 1. The molecule has 0 bridgehead atoms. The fourth-order valence-electron chi connectivity index (χ4n) is 2.18. The molecule has 0 aromatic carbocycles. The van der Waals surface area contributed by atoms with Gasteiger partial charge < -0.3 is 4.74 Å². The second kappa shape index (κ2) is 6.69. The van der Waals surface area contributed by atoms with Crippen molar-refractivity contribution in [3.05, 3.63) is 17.0 Å². The Morgan fingerprint density at radius 1 is 1.50 bits per heavy atom. The van der Waals surface area contributed by atoms with Gasteiger partial charge in [-0.1, -0.05) is 0 Å². The molecule has 2 rings (SSSR count). The maximum absolute atomic E-state index is 12.0. The van der Waals surface area contributed by atoms with Crippen molar-refractivity contribution in [3.63, 3.8) is 0 Å². The SMILES string of the molecule is Cc1ccc(S(=O)(=O)NC(=O)CCC2CCCOC2)s1. The maximum Gasteiger partial charge on any atom is 0.273 e. The number of sulfonamides is 1. The molecule has 1 aliphatic rings. The van der Waals surface area contributed by atoms with Gasteiger partial charge in [0.1, 0.15) is 4.21 Å². The Hall–Kier alpha value is -0.920. The quantitative estimate of drug-likeness (QED) is 0.902. The van der Waals surface area contributed by atoms with Crippen molar-refractivity contribution in [3.8, 4) is 0 Å². The van der Waals surface area contributed by atoms with E-state index in [1.165, 1.54) is 6.07 Å². The maximum atomic E-state index is 12.0. The normalized spacial score (nSPS) is 19.8. The molecule has 1 amide bonds. The number of hydrogen-bond donors (Lipinski definition) is 1. The highest BCUT2D eigenvalue weighted by Crippen LogP contribution is 2.21. The van der Waals surface area contributed by atoms with Crippen molar-refractivity contribution in [2.24, 2.45) is 5.92 Å². The molecule has 1 aliphatic heterocycles. The molecule has 112 valence electrons. The first-order valence-electron chi connectivity index (χ1n) is 6.67. The molecule has 5 nitrogen and oxygen atoms in total. The monoisotopic (exact) mass is 317 g/mol. The number of nitrogens with one attached hydrogen (secondary N) is 1. The first-order valence-corrected chi connectivity index (χ1v) is 8.97. The zero-order chi connectivity index (χ0) is 14.6. The van der Waals surface area contributed by atoms with Gasteiger partial charge >= 0.3 is 0 Å². The largest absolute Gasteiger partial charge is 0.381 e. The van der Waals surface area contributed by atoms with Crippen LogP contribution in [0.4, 0.5) is 0 Å². The predicted octanol–water partition coefficient (Wildman–Crippen LogP) is 2.07. The average molecular weight is 317 g/mol. The molecule has 0 aliphatic carbocycles. The van der Waals surface area contributed by atoms with E-state index in [2.05, 4.69) is 4.72 Å². The van der Waals surface area contributed by atoms with Gasteiger partial charge in [-0.2, -0.15) is 0 Å². The Balaban J connectivity index is 1.84. The Kier molecular flexibility index (Phi) is 5.17. The Morgan fingerprint density at radius 3 is 2.90 bits per heavy atom. The highest BCUT2D eigenvalue weighted by atomic mass is 32.2. The van der Waals surface area contributed by atoms with E-state index in [-0.39, 0.29) is 10.6 Å². The van der Waals surface area contributed by atoms with Gasteiger partial charge in [-0.15, -0.1) is 11.3 Å². The molecule has 0 saturated carbocycles. The smallest absolute Gasteiger partial charge is 0.273 e. The number of hydrogen-bond acceptors (Lipinski definition) is 5. The van der Waals surface area contributed by atoms with Crippen molar-refractivity contribution in [1.29, 1.82) is 0 Å². The summed E-state index contributed by atoms with van der Waals surface area (Å²) in [6.45, 7) is 3.29. The highest BCUT2D eigenvalue weighted by molar-refractivity contribution is 7.92. The van der Waals surface area contributed by atoms with Gasteiger partial charge in [0.15, 0.2) is 0 Å². The summed E-state index contributed by atoms with van der Waals surface area (Å²) in [5.41, 5.74) is 0. The summed E-state index contributed by atoms with van der Waals surface area (Å²) in [4.78, 5) is 12.7. The third-order valence-electron chi connectivity index (χ3n) is 3.26. The van der Waals surface area contributed by atoms with Crippen molar-refractivity contribution in [2.45, 2.75) is 36.8 Å². The molecule has 2 heterocycles. The molecule has 7 heteroatoms. The zero-order valence-electron chi connectivity index (χ0n) is 11.4.